The lowest BCUT2D eigenvalue weighted by atomic mass is 9.98. The van der Waals surface area contributed by atoms with Crippen LogP contribution in [-0.4, -0.2) is 109 Å². The third-order valence-electron chi connectivity index (χ3n) is 9.93. The predicted molar refractivity (Wildman–Crippen MR) is 215 cm³/mol. The number of amides is 2. The van der Waals surface area contributed by atoms with E-state index >= 15 is 0 Å². The molecule has 5 rings (SSSR count). The van der Waals surface area contributed by atoms with Crippen molar-refractivity contribution in [1.82, 2.24) is 30.6 Å². The number of fused-ring (bicyclic) bond motifs is 8. The monoisotopic (exact) mass is 708 g/mol. The van der Waals surface area contributed by atoms with E-state index in [1.54, 1.807) is 0 Å². The molecule has 10 heteroatoms. The van der Waals surface area contributed by atoms with E-state index in [1.165, 1.54) is 0 Å². The summed E-state index contributed by atoms with van der Waals surface area (Å²) in [6.45, 7) is 11.7. The highest BCUT2D eigenvalue weighted by atomic mass is 16.2. The Morgan fingerprint density at radius 3 is 1.46 bits per heavy atom. The second-order valence-electron chi connectivity index (χ2n) is 16.6. The Labute approximate surface area is 309 Å². The van der Waals surface area contributed by atoms with Crippen molar-refractivity contribution in [1.29, 1.82) is 0 Å². The Morgan fingerprint density at radius 1 is 0.577 bits per heavy atom. The van der Waals surface area contributed by atoms with E-state index in [2.05, 4.69) is 127 Å². The second kappa shape index (κ2) is 16.0. The fourth-order valence-electron chi connectivity index (χ4n) is 6.85. The lowest BCUT2D eigenvalue weighted by Crippen LogP contribution is -2.37. The number of quaternary nitrogens is 2. The smallest absolute Gasteiger partial charge is 0.220 e. The molecule has 0 fully saturated rings. The summed E-state index contributed by atoms with van der Waals surface area (Å²) < 4.78 is 1.74. The average Bonchev–Trinajstić information content (AvgIpc) is 3.74. The van der Waals surface area contributed by atoms with E-state index in [0.717, 1.165) is 113 Å². The minimum Gasteiger partial charge on any atom is -0.356 e. The first-order chi connectivity index (χ1) is 24.5. The average molecular weight is 709 g/mol. The highest BCUT2D eigenvalue weighted by molar-refractivity contribution is 5.96. The van der Waals surface area contributed by atoms with Gasteiger partial charge in [0.15, 0.2) is 0 Å². The molecule has 10 nitrogen and oxygen atoms in total. The zero-order chi connectivity index (χ0) is 37.8. The van der Waals surface area contributed by atoms with Crippen LogP contribution >= 0.6 is 0 Å². The number of hydrogen-bond donors (Lipinski definition) is 4. The van der Waals surface area contributed by atoms with Gasteiger partial charge in [-0.25, -0.2) is 9.97 Å². The van der Waals surface area contributed by atoms with Crippen molar-refractivity contribution in [3.05, 3.63) is 70.3 Å². The van der Waals surface area contributed by atoms with Gasteiger partial charge in [-0.15, -0.1) is 0 Å². The molecular formula is C42H60N8O2+2. The van der Waals surface area contributed by atoms with Crippen LogP contribution in [0.25, 0.3) is 44.4 Å². The number of carbonyl (C=O) groups excluding carboxylic acids is 2. The van der Waals surface area contributed by atoms with Crippen LogP contribution in [0.15, 0.2) is 36.4 Å². The molecule has 2 aliphatic heterocycles. The number of nitrogens with zero attached hydrogens (tertiary/aromatic N) is 4. The maximum atomic E-state index is 13.0. The third-order valence-corrected chi connectivity index (χ3v) is 9.93. The molecule has 52 heavy (non-hydrogen) atoms. The Kier molecular flexibility index (Phi) is 11.9. The second-order valence-corrected chi connectivity index (χ2v) is 16.6. The first-order valence-electron chi connectivity index (χ1n) is 18.7. The van der Waals surface area contributed by atoms with E-state index in [9.17, 15) is 9.59 Å². The zero-order valence-corrected chi connectivity index (χ0v) is 33.1. The molecule has 0 unspecified atom stereocenters. The number of carbonyl (C=O) groups is 2. The molecule has 4 N–H and O–H groups in total. The molecule has 3 aromatic rings. The van der Waals surface area contributed by atoms with Gasteiger partial charge in [0, 0.05) is 60.8 Å². The molecule has 0 aromatic carbocycles. The van der Waals surface area contributed by atoms with Crippen LogP contribution in [0.3, 0.4) is 0 Å². The first kappa shape index (κ1) is 38.7. The Balaban J connectivity index is 1.52. The van der Waals surface area contributed by atoms with Crippen LogP contribution in [0.4, 0.5) is 0 Å². The summed E-state index contributed by atoms with van der Waals surface area (Å²) in [6, 6.07) is 12.7. The van der Waals surface area contributed by atoms with Gasteiger partial charge in [0.1, 0.15) is 0 Å². The molecule has 0 atom stereocenters. The Bertz CT molecular complexity index is 2050. The minimum absolute atomic E-state index is 0.0462. The summed E-state index contributed by atoms with van der Waals surface area (Å²) in [5.74, 6) is 0.0925. The van der Waals surface area contributed by atoms with E-state index in [4.69, 9.17) is 9.97 Å². The number of nitrogens with one attached hydrogen (secondary N) is 4. The number of rotatable bonds is 14. The highest BCUT2D eigenvalue weighted by Crippen LogP contribution is 2.37. The van der Waals surface area contributed by atoms with Gasteiger partial charge in [-0.05, 0) is 110 Å². The van der Waals surface area contributed by atoms with Crippen molar-refractivity contribution in [3.8, 4) is 0 Å². The van der Waals surface area contributed by atoms with Crippen LogP contribution < -0.4 is 10.6 Å². The van der Waals surface area contributed by atoms with Crippen LogP contribution in [0, 0.1) is 13.8 Å². The molecule has 0 saturated heterocycles. The van der Waals surface area contributed by atoms with E-state index in [-0.39, 0.29) is 11.8 Å². The first-order valence-corrected chi connectivity index (χ1v) is 18.7. The fraction of sp³-hybridized carbons (Fsp3) is 0.476. The van der Waals surface area contributed by atoms with Gasteiger partial charge < -0.3 is 29.6 Å². The summed E-state index contributed by atoms with van der Waals surface area (Å²) >= 11 is 0. The van der Waals surface area contributed by atoms with E-state index in [1.807, 2.05) is 0 Å². The van der Waals surface area contributed by atoms with Gasteiger partial charge in [-0.3, -0.25) is 9.59 Å². The molecule has 3 aromatic heterocycles. The van der Waals surface area contributed by atoms with Crippen molar-refractivity contribution >= 4 is 56.2 Å². The molecule has 8 bridgehead atoms. The standard InChI is InChI=1S/C42H58N8O2/c1-27-21-32-24-37-29(3)33(13-15-41(51)43-17-11-19-49(5,6)7)39(47-37)26-40-34(14-16-42(52)44-18-12-20-50(8,9)10)30(4)38(48-40)25-36-28(2)22-31(46-36)23-35(27)45-32/h21-26H,11-20H2,1-10H3,(H2-2,43,44,45,46,47,48,51,52)/p+2. The summed E-state index contributed by atoms with van der Waals surface area (Å²) in [7, 11) is 13.0. The lowest BCUT2D eigenvalue weighted by molar-refractivity contribution is -0.870. The number of hydrogen-bond acceptors (Lipinski definition) is 4. The number of H-pyrrole nitrogens is 2. The predicted octanol–water partition coefficient (Wildman–Crippen LogP) is 6.78. The molecule has 2 amide bonds. The number of allylic oxidation sites excluding steroid dienone is 4. The number of aryl methyl sites for hydroxylation is 2. The molecular weight excluding hydrogens is 649 g/mol. The summed E-state index contributed by atoms with van der Waals surface area (Å²) in [6.07, 6.45) is 3.74. The van der Waals surface area contributed by atoms with Crippen LogP contribution in [0.1, 0.15) is 86.3 Å². The molecule has 278 valence electrons. The summed E-state index contributed by atoms with van der Waals surface area (Å²) in [5, 5.41) is 6.24. The Morgan fingerprint density at radius 2 is 1.00 bits per heavy atom. The molecule has 5 heterocycles. The van der Waals surface area contributed by atoms with E-state index < -0.39 is 0 Å². The highest BCUT2D eigenvalue weighted by Gasteiger charge is 2.22. The largest absolute Gasteiger partial charge is 0.356 e. The molecule has 0 spiro atoms. The zero-order valence-electron chi connectivity index (χ0n) is 33.1. The van der Waals surface area contributed by atoms with Crippen molar-refractivity contribution in [2.24, 2.45) is 0 Å². The summed E-state index contributed by atoms with van der Waals surface area (Å²) in [5.41, 5.74) is 13.9. The van der Waals surface area contributed by atoms with E-state index in [0.29, 0.717) is 38.8 Å². The topological polar surface area (TPSA) is 116 Å². The van der Waals surface area contributed by atoms with Gasteiger partial charge in [-0.2, -0.15) is 0 Å². The van der Waals surface area contributed by atoms with Crippen LogP contribution in [0.5, 0.6) is 0 Å². The minimum atomic E-state index is 0.0462. The summed E-state index contributed by atoms with van der Waals surface area (Å²) in [4.78, 5) is 43.6. The van der Waals surface area contributed by atoms with Gasteiger partial charge in [0.25, 0.3) is 0 Å². The van der Waals surface area contributed by atoms with Gasteiger partial charge >= 0.3 is 0 Å². The molecule has 0 radical (unpaired) electrons. The van der Waals surface area contributed by atoms with Crippen LogP contribution in [0.2, 0.25) is 0 Å². The normalized spacial score (nSPS) is 13.6. The van der Waals surface area contributed by atoms with Gasteiger partial charge in [0.2, 0.25) is 11.8 Å². The van der Waals surface area contributed by atoms with Gasteiger partial charge in [-0.1, -0.05) is 0 Å². The SMILES string of the molecule is CC1=C(CCC(=O)NCCC[N+](C)(C)C)c2cc3nc(cc4[nH]c(cc4C)cc4[nH]c(cc1n2)cc4C)C(C)=C3CCC(=O)NCCC[N+](C)(C)C. The molecule has 2 aliphatic rings. The molecule has 0 saturated carbocycles. The van der Waals surface area contributed by atoms with Gasteiger partial charge in [0.05, 0.1) is 78.2 Å². The van der Waals surface area contributed by atoms with Crippen LogP contribution in [-0.2, 0) is 9.59 Å². The maximum absolute atomic E-state index is 13.0. The number of aromatic amines is 2. The van der Waals surface area contributed by atoms with Crippen molar-refractivity contribution in [2.75, 3.05) is 68.5 Å². The molecule has 0 aliphatic carbocycles. The maximum Gasteiger partial charge on any atom is 0.220 e. The quantitative estimate of drug-likeness (QED) is 0.109. The third kappa shape index (κ3) is 10.3. The Hall–Kier alpha value is -4.54. The number of aromatic nitrogens is 4. The fourth-order valence-corrected chi connectivity index (χ4v) is 6.85. The van der Waals surface area contributed by atoms with Crippen molar-refractivity contribution in [3.63, 3.8) is 0 Å². The lowest BCUT2D eigenvalue weighted by Gasteiger charge is -2.23. The van der Waals surface area contributed by atoms with Crippen molar-refractivity contribution in [2.45, 2.75) is 66.2 Å². The van der Waals surface area contributed by atoms with Crippen molar-refractivity contribution < 1.29 is 18.6 Å².